The molecule has 0 aliphatic rings. The molecule has 0 aliphatic heterocycles. The number of methoxy groups -OCH3 is 2. The maximum atomic E-state index is 5.36. The van der Waals surface area contributed by atoms with Gasteiger partial charge in [0.1, 0.15) is 11.5 Å². The van der Waals surface area contributed by atoms with Crippen molar-refractivity contribution >= 4 is 6.08 Å². The summed E-state index contributed by atoms with van der Waals surface area (Å²) in [5.41, 5.74) is 2.15. The van der Waals surface area contributed by atoms with Crippen LogP contribution in [0.2, 0.25) is 0 Å². The summed E-state index contributed by atoms with van der Waals surface area (Å²) in [6, 6.07) is 3.97. The summed E-state index contributed by atoms with van der Waals surface area (Å²) in [7, 11) is 3.36. The second kappa shape index (κ2) is 5.44. The molecule has 1 aromatic carbocycles. The van der Waals surface area contributed by atoms with Crippen molar-refractivity contribution in [1.82, 2.24) is 0 Å². The van der Waals surface area contributed by atoms with Gasteiger partial charge < -0.3 is 9.47 Å². The molecule has 1 rings (SSSR count). The Hall–Kier alpha value is -1.44. The molecule has 82 valence electrons. The van der Waals surface area contributed by atoms with Gasteiger partial charge in [-0.15, -0.1) is 0 Å². The summed E-state index contributed by atoms with van der Waals surface area (Å²) < 4.78 is 10.7. The van der Waals surface area contributed by atoms with E-state index in [2.05, 4.69) is 13.5 Å². The van der Waals surface area contributed by atoms with E-state index in [1.54, 1.807) is 20.3 Å². The highest BCUT2D eigenvalue weighted by Crippen LogP contribution is 2.31. The monoisotopic (exact) mass is 206 g/mol. The molecule has 1 aromatic rings. The Balaban J connectivity index is 3.25. The number of hydrogen-bond acceptors (Lipinski definition) is 2. The molecule has 0 aliphatic carbocycles. The van der Waals surface area contributed by atoms with Crippen molar-refractivity contribution in [3.05, 3.63) is 29.8 Å². The lowest BCUT2D eigenvalue weighted by molar-refractivity contribution is 0.385. The molecule has 0 N–H and O–H groups in total. The molecule has 0 saturated carbocycles. The lowest BCUT2D eigenvalue weighted by atomic mass is 10.0. The molecule has 0 amide bonds. The summed E-state index contributed by atoms with van der Waals surface area (Å²) in [6.07, 6.45) is 3.82. The highest BCUT2D eigenvalue weighted by molar-refractivity contribution is 5.57. The van der Waals surface area contributed by atoms with Gasteiger partial charge >= 0.3 is 0 Å². The van der Waals surface area contributed by atoms with Gasteiger partial charge in [0.25, 0.3) is 0 Å². The first-order chi connectivity index (χ1) is 7.26. The van der Waals surface area contributed by atoms with E-state index in [-0.39, 0.29) is 0 Å². The van der Waals surface area contributed by atoms with Gasteiger partial charge in [0.15, 0.2) is 0 Å². The topological polar surface area (TPSA) is 18.5 Å². The van der Waals surface area contributed by atoms with Crippen molar-refractivity contribution < 1.29 is 9.47 Å². The smallest absolute Gasteiger partial charge is 0.126 e. The van der Waals surface area contributed by atoms with Crippen molar-refractivity contribution in [3.63, 3.8) is 0 Å². The van der Waals surface area contributed by atoms with E-state index < -0.39 is 0 Å². The fourth-order valence-electron chi connectivity index (χ4n) is 1.62. The molecule has 0 atom stereocenters. The minimum absolute atomic E-state index is 0.881. The van der Waals surface area contributed by atoms with E-state index >= 15 is 0 Å². The van der Waals surface area contributed by atoms with Gasteiger partial charge in [0.05, 0.1) is 14.2 Å². The summed E-state index contributed by atoms with van der Waals surface area (Å²) in [5.74, 6) is 1.76. The molecule has 0 saturated heterocycles. The van der Waals surface area contributed by atoms with Gasteiger partial charge in [-0.2, -0.15) is 0 Å². The fraction of sp³-hybridized carbons (Fsp3) is 0.385. The first-order valence-corrected chi connectivity index (χ1v) is 5.14. The Labute approximate surface area is 91.5 Å². The molecule has 0 aromatic heterocycles. The molecule has 0 radical (unpaired) electrons. The minimum atomic E-state index is 0.881. The molecule has 0 unspecified atom stereocenters. The molecule has 2 heteroatoms. The largest absolute Gasteiger partial charge is 0.496 e. The Morgan fingerprint density at radius 3 is 2.07 bits per heavy atom. The second-order valence-electron chi connectivity index (χ2n) is 3.36. The summed E-state index contributed by atoms with van der Waals surface area (Å²) in [4.78, 5) is 0. The van der Waals surface area contributed by atoms with Gasteiger partial charge in [0.2, 0.25) is 0 Å². The van der Waals surface area contributed by atoms with Crippen LogP contribution in [0.5, 0.6) is 11.5 Å². The maximum absolute atomic E-state index is 5.36. The Morgan fingerprint density at radius 2 is 1.73 bits per heavy atom. The first-order valence-electron chi connectivity index (χ1n) is 5.14. The van der Waals surface area contributed by atoms with Crippen LogP contribution in [-0.2, 0) is 6.42 Å². The molecule has 2 nitrogen and oxygen atoms in total. The quantitative estimate of drug-likeness (QED) is 0.736. The zero-order valence-corrected chi connectivity index (χ0v) is 9.67. The van der Waals surface area contributed by atoms with Crippen LogP contribution in [0.15, 0.2) is 18.7 Å². The highest BCUT2D eigenvalue weighted by atomic mass is 16.5. The average Bonchev–Trinajstić information content (AvgIpc) is 2.29. The van der Waals surface area contributed by atoms with E-state index in [0.717, 1.165) is 35.5 Å². The van der Waals surface area contributed by atoms with Crippen LogP contribution in [-0.4, -0.2) is 14.2 Å². The van der Waals surface area contributed by atoms with Crippen molar-refractivity contribution in [2.45, 2.75) is 19.8 Å². The van der Waals surface area contributed by atoms with Gasteiger partial charge in [-0.05, 0) is 24.1 Å². The van der Waals surface area contributed by atoms with Crippen molar-refractivity contribution in [1.29, 1.82) is 0 Å². The predicted molar refractivity (Wildman–Crippen MR) is 63.6 cm³/mol. The number of benzene rings is 1. The lowest BCUT2D eigenvalue weighted by Gasteiger charge is -2.13. The van der Waals surface area contributed by atoms with Crippen molar-refractivity contribution in [3.8, 4) is 11.5 Å². The number of rotatable bonds is 5. The average molecular weight is 206 g/mol. The summed E-state index contributed by atoms with van der Waals surface area (Å²) in [5, 5.41) is 0. The maximum Gasteiger partial charge on any atom is 0.126 e. The van der Waals surface area contributed by atoms with E-state index in [9.17, 15) is 0 Å². The predicted octanol–water partition coefficient (Wildman–Crippen LogP) is 3.30. The van der Waals surface area contributed by atoms with Crippen LogP contribution < -0.4 is 9.47 Å². The summed E-state index contributed by atoms with van der Waals surface area (Å²) in [6.45, 7) is 5.89. The third kappa shape index (κ3) is 2.52. The molecule has 0 heterocycles. The van der Waals surface area contributed by atoms with E-state index in [1.165, 1.54) is 0 Å². The van der Waals surface area contributed by atoms with Gasteiger partial charge in [-0.1, -0.05) is 26.0 Å². The van der Waals surface area contributed by atoms with E-state index in [1.807, 2.05) is 12.1 Å². The van der Waals surface area contributed by atoms with Crippen LogP contribution in [0.3, 0.4) is 0 Å². The molecule has 15 heavy (non-hydrogen) atoms. The second-order valence-corrected chi connectivity index (χ2v) is 3.36. The standard InChI is InChI=1S/C13H18O2/c1-5-7-11-12(14-3)8-10(6-2)9-13(11)15-4/h6,8-9H,2,5,7H2,1,3-4H3. The minimum Gasteiger partial charge on any atom is -0.496 e. The molecular formula is C13H18O2. The summed E-state index contributed by atoms with van der Waals surface area (Å²) >= 11 is 0. The number of ether oxygens (including phenoxy) is 2. The van der Waals surface area contributed by atoms with E-state index in [4.69, 9.17) is 9.47 Å². The van der Waals surface area contributed by atoms with Crippen LogP contribution in [0.4, 0.5) is 0 Å². The van der Waals surface area contributed by atoms with Crippen LogP contribution in [0.25, 0.3) is 6.08 Å². The van der Waals surface area contributed by atoms with E-state index in [0.29, 0.717) is 0 Å². The highest BCUT2D eigenvalue weighted by Gasteiger charge is 2.10. The Morgan fingerprint density at radius 1 is 1.20 bits per heavy atom. The fourth-order valence-corrected chi connectivity index (χ4v) is 1.62. The van der Waals surface area contributed by atoms with Crippen molar-refractivity contribution in [2.24, 2.45) is 0 Å². The molecule has 0 bridgehead atoms. The number of hydrogen-bond donors (Lipinski definition) is 0. The van der Waals surface area contributed by atoms with Crippen LogP contribution in [0.1, 0.15) is 24.5 Å². The van der Waals surface area contributed by atoms with Gasteiger partial charge in [-0.3, -0.25) is 0 Å². The SMILES string of the molecule is C=Cc1cc(OC)c(CCC)c(OC)c1. The zero-order valence-electron chi connectivity index (χ0n) is 9.67. The van der Waals surface area contributed by atoms with Gasteiger partial charge in [0, 0.05) is 5.56 Å². The van der Waals surface area contributed by atoms with Gasteiger partial charge in [-0.25, -0.2) is 0 Å². The van der Waals surface area contributed by atoms with Crippen molar-refractivity contribution in [2.75, 3.05) is 14.2 Å². The first kappa shape index (κ1) is 11.6. The third-order valence-corrected chi connectivity index (χ3v) is 2.37. The molecular weight excluding hydrogens is 188 g/mol. The molecule has 0 spiro atoms. The lowest BCUT2D eigenvalue weighted by Crippen LogP contribution is -1.97. The van der Waals surface area contributed by atoms with Crippen LogP contribution in [0, 0.1) is 0 Å². The zero-order chi connectivity index (χ0) is 11.3. The van der Waals surface area contributed by atoms with Crippen LogP contribution >= 0.6 is 0 Å². The third-order valence-electron chi connectivity index (χ3n) is 2.37. The normalized spacial score (nSPS) is 9.80. The Bertz CT molecular complexity index is 317. The molecule has 0 fully saturated rings. The Kier molecular flexibility index (Phi) is 4.22.